The summed E-state index contributed by atoms with van der Waals surface area (Å²) in [6.45, 7) is 4.66. The maximum absolute atomic E-state index is 12.8. The number of hydrogen-bond donors (Lipinski definition) is 3. The van der Waals surface area contributed by atoms with Crippen LogP contribution in [-0.2, 0) is 14.8 Å². The zero-order valence-corrected chi connectivity index (χ0v) is 21.4. The average Bonchev–Trinajstić information content (AvgIpc) is 3.49. The molecule has 10 nitrogen and oxygen atoms in total. The van der Waals surface area contributed by atoms with Crippen molar-refractivity contribution in [2.24, 2.45) is 0 Å². The Balaban J connectivity index is 1.38. The Morgan fingerprint density at radius 3 is 2.53 bits per heavy atom. The van der Waals surface area contributed by atoms with Gasteiger partial charge in [0.15, 0.2) is 0 Å². The van der Waals surface area contributed by atoms with E-state index in [1.807, 2.05) is 10.4 Å². The summed E-state index contributed by atoms with van der Waals surface area (Å²) < 4.78 is 33.4. The first-order chi connectivity index (χ1) is 16.3. The van der Waals surface area contributed by atoms with Gasteiger partial charge < -0.3 is 15.0 Å². The first-order valence-electron chi connectivity index (χ1n) is 12.9. The van der Waals surface area contributed by atoms with Crippen molar-refractivity contribution in [2.45, 2.75) is 102 Å². The molecule has 0 aliphatic carbocycles. The quantitative estimate of drug-likeness (QED) is 0.526. The number of anilines is 2. The van der Waals surface area contributed by atoms with Crippen molar-refractivity contribution in [3.05, 3.63) is 11.8 Å². The summed E-state index contributed by atoms with van der Waals surface area (Å²) in [5, 5.41) is 3.51. The van der Waals surface area contributed by atoms with Crippen LogP contribution in [-0.4, -0.2) is 72.4 Å². The fourth-order valence-electron chi connectivity index (χ4n) is 6.04. The molecular formula is C23H39N7O3S. The molecule has 3 N–H and O–H groups in total. The molecule has 0 amide bonds. The molecule has 1 aromatic heterocycles. The number of aromatic nitrogens is 2. The molecule has 4 aliphatic heterocycles. The highest BCUT2D eigenvalue weighted by Gasteiger charge is 2.45. The molecule has 11 heteroatoms. The minimum absolute atomic E-state index is 0.000195. The van der Waals surface area contributed by atoms with Gasteiger partial charge in [0.25, 0.3) is 0 Å². The zero-order valence-electron chi connectivity index (χ0n) is 20.5. The summed E-state index contributed by atoms with van der Waals surface area (Å²) in [7, 11) is -1.14. The van der Waals surface area contributed by atoms with E-state index in [0.717, 1.165) is 69.5 Å². The second-order valence-electron chi connectivity index (χ2n) is 10.3. The van der Waals surface area contributed by atoms with Crippen LogP contribution >= 0.6 is 0 Å². The van der Waals surface area contributed by atoms with Crippen molar-refractivity contribution in [1.29, 1.82) is 0 Å². The van der Waals surface area contributed by atoms with Crippen molar-refractivity contribution >= 4 is 21.8 Å². The smallest absolute Gasteiger partial charge is 0.227 e. The molecule has 0 saturated carbocycles. The summed E-state index contributed by atoms with van der Waals surface area (Å²) in [6, 6.07) is 2.75. The monoisotopic (exact) mass is 493 g/mol. The van der Waals surface area contributed by atoms with Crippen molar-refractivity contribution in [3.63, 3.8) is 0 Å². The number of rotatable bonds is 7. The first-order valence-corrected chi connectivity index (χ1v) is 14.5. The van der Waals surface area contributed by atoms with Gasteiger partial charge in [-0.3, -0.25) is 5.43 Å². The molecular weight excluding hydrogens is 454 g/mol. The second-order valence-corrected chi connectivity index (χ2v) is 12.5. The number of ether oxygens (including phenoxy) is 1. The maximum atomic E-state index is 12.8. The van der Waals surface area contributed by atoms with Gasteiger partial charge in [0, 0.05) is 43.9 Å². The largest absolute Gasteiger partial charge is 0.372 e. The molecule has 0 radical (unpaired) electrons. The third kappa shape index (κ3) is 4.90. The second kappa shape index (κ2) is 9.85. The Morgan fingerprint density at radius 1 is 1.15 bits per heavy atom. The SMILES string of the molecule is CCS(=O)(=O)N1[C@@H]2CCC[C@H]1CC(N(C)c1nc(NC3CC(C)NN3)cc([C@H]3CCCO3)n1)C2. The number of piperidine rings is 2. The molecule has 1 aromatic rings. The minimum Gasteiger partial charge on any atom is -0.372 e. The van der Waals surface area contributed by atoms with Crippen LogP contribution in [0.4, 0.5) is 11.8 Å². The number of hydrazine groups is 1. The first kappa shape index (κ1) is 24.2. The number of fused-ring (bicyclic) bond motifs is 2. The van der Waals surface area contributed by atoms with Gasteiger partial charge in [-0.1, -0.05) is 6.42 Å². The van der Waals surface area contributed by atoms with E-state index in [-0.39, 0.29) is 36.1 Å². The Morgan fingerprint density at radius 2 is 1.91 bits per heavy atom. The zero-order chi connectivity index (χ0) is 23.9. The third-order valence-corrected chi connectivity index (χ3v) is 9.81. The summed E-state index contributed by atoms with van der Waals surface area (Å²) >= 11 is 0. The highest BCUT2D eigenvalue weighted by molar-refractivity contribution is 7.89. The minimum atomic E-state index is -3.19. The summed E-state index contributed by atoms with van der Waals surface area (Å²) in [5.74, 6) is 1.65. The maximum Gasteiger partial charge on any atom is 0.227 e. The van der Waals surface area contributed by atoms with Crippen LogP contribution in [0.5, 0.6) is 0 Å². The lowest BCUT2D eigenvalue weighted by molar-refractivity contribution is 0.107. The lowest BCUT2D eigenvalue weighted by Gasteiger charge is -2.49. The fourth-order valence-corrected chi connectivity index (χ4v) is 7.63. The molecule has 0 aromatic carbocycles. The van der Waals surface area contributed by atoms with Crippen molar-refractivity contribution in [3.8, 4) is 0 Å². The molecule has 190 valence electrons. The fraction of sp³-hybridized carbons (Fsp3) is 0.826. The molecule has 5 rings (SSSR count). The Kier molecular flexibility index (Phi) is 7.00. The molecule has 4 saturated heterocycles. The molecule has 0 spiro atoms. The van der Waals surface area contributed by atoms with Gasteiger partial charge in [-0.2, -0.15) is 9.29 Å². The topological polar surface area (TPSA) is 112 Å². The Bertz CT molecular complexity index is 957. The van der Waals surface area contributed by atoms with Crippen molar-refractivity contribution < 1.29 is 13.2 Å². The van der Waals surface area contributed by atoms with E-state index < -0.39 is 10.0 Å². The number of nitrogens with zero attached hydrogens (tertiary/aromatic N) is 4. The van der Waals surface area contributed by atoms with Crippen LogP contribution in [0.2, 0.25) is 0 Å². The standard InChI is InChI=1S/C23H39N7O3S/c1-4-34(31,32)30-16-7-5-8-17(30)13-18(12-16)29(3)23-24-19(20-9-6-10-33-20)14-21(26-23)25-22-11-15(2)27-28-22/h14-18,20,22,27-28H,4-13H2,1-3H3,(H,24,25,26)/t15?,16-,17+,18?,20-,22?/m1/s1. The normalized spacial score (nSPS) is 34.3. The van der Waals surface area contributed by atoms with Crippen LogP contribution in [0.25, 0.3) is 0 Å². The van der Waals surface area contributed by atoms with E-state index in [9.17, 15) is 8.42 Å². The van der Waals surface area contributed by atoms with E-state index in [4.69, 9.17) is 14.7 Å². The van der Waals surface area contributed by atoms with E-state index in [2.05, 4.69) is 35.0 Å². The van der Waals surface area contributed by atoms with Gasteiger partial charge in [-0.25, -0.2) is 18.8 Å². The van der Waals surface area contributed by atoms with Crippen LogP contribution in [0, 0.1) is 0 Å². The van der Waals surface area contributed by atoms with Crippen molar-refractivity contribution in [2.75, 3.05) is 29.6 Å². The summed E-state index contributed by atoms with van der Waals surface area (Å²) in [4.78, 5) is 12.0. The van der Waals surface area contributed by atoms with Crippen LogP contribution in [0.15, 0.2) is 6.07 Å². The number of sulfonamides is 1. The number of nitrogens with one attached hydrogen (secondary N) is 3. The highest BCUT2D eigenvalue weighted by Crippen LogP contribution is 2.39. The summed E-state index contributed by atoms with van der Waals surface area (Å²) in [6.07, 6.45) is 7.66. The molecule has 4 aliphatic rings. The van der Waals surface area contributed by atoms with Gasteiger partial charge >= 0.3 is 0 Å². The molecule has 6 atom stereocenters. The average molecular weight is 494 g/mol. The van der Waals surface area contributed by atoms with Gasteiger partial charge in [0.1, 0.15) is 5.82 Å². The third-order valence-electron chi connectivity index (χ3n) is 7.84. The summed E-state index contributed by atoms with van der Waals surface area (Å²) in [5.41, 5.74) is 7.44. The Labute approximate surface area is 203 Å². The van der Waals surface area contributed by atoms with E-state index in [1.54, 1.807) is 6.92 Å². The Hall–Kier alpha value is -1.53. The van der Waals surface area contributed by atoms with Crippen LogP contribution in [0.1, 0.15) is 77.0 Å². The van der Waals surface area contributed by atoms with Crippen LogP contribution in [0.3, 0.4) is 0 Å². The molecule has 34 heavy (non-hydrogen) atoms. The van der Waals surface area contributed by atoms with Gasteiger partial charge in [0.05, 0.1) is 23.7 Å². The van der Waals surface area contributed by atoms with E-state index >= 15 is 0 Å². The van der Waals surface area contributed by atoms with Gasteiger partial charge in [-0.05, 0) is 58.8 Å². The molecule has 4 fully saturated rings. The van der Waals surface area contributed by atoms with Crippen LogP contribution < -0.4 is 21.1 Å². The highest BCUT2D eigenvalue weighted by atomic mass is 32.2. The molecule has 2 bridgehead atoms. The van der Waals surface area contributed by atoms with Crippen molar-refractivity contribution in [1.82, 2.24) is 25.1 Å². The molecule has 3 unspecified atom stereocenters. The van der Waals surface area contributed by atoms with E-state index in [0.29, 0.717) is 12.0 Å². The predicted octanol–water partition coefficient (Wildman–Crippen LogP) is 2.12. The predicted molar refractivity (Wildman–Crippen MR) is 132 cm³/mol. The number of hydrogen-bond acceptors (Lipinski definition) is 9. The molecule has 5 heterocycles. The van der Waals surface area contributed by atoms with Gasteiger partial charge in [-0.15, -0.1) is 0 Å². The van der Waals surface area contributed by atoms with E-state index in [1.165, 1.54) is 0 Å². The lowest BCUT2D eigenvalue weighted by Crippen LogP contribution is -2.58. The van der Waals surface area contributed by atoms with Gasteiger partial charge in [0.2, 0.25) is 16.0 Å². The lowest BCUT2D eigenvalue weighted by atomic mass is 9.83.